The summed E-state index contributed by atoms with van der Waals surface area (Å²) in [6.07, 6.45) is 1.24. The molecule has 0 bridgehead atoms. The minimum atomic E-state index is -3.45. The zero-order valence-electron chi connectivity index (χ0n) is 17.0. The monoisotopic (exact) mass is 436 g/mol. The van der Waals surface area contributed by atoms with E-state index in [0.717, 1.165) is 11.1 Å². The van der Waals surface area contributed by atoms with Gasteiger partial charge in [0.25, 0.3) is 0 Å². The van der Waals surface area contributed by atoms with Crippen LogP contribution in [0.5, 0.6) is 0 Å². The first-order valence-corrected chi connectivity index (χ1v) is 11.8. The van der Waals surface area contributed by atoms with Crippen molar-refractivity contribution in [2.45, 2.75) is 38.3 Å². The molecule has 30 heavy (non-hydrogen) atoms. The number of fused-ring (bicyclic) bond motifs is 1. The van der Waals surface area contributed by atoms with E-state index in [1.54, 1.807) is 4.90 Å². The Hall–Kier alpha value is -2.46. The maximum absolute atomic E-state index is 13.0. The van der Waals surface area contributed by atoms with Gasteiger partial charge in [-0.25, -0.2) is 13.1 Å². The quantitative estimate of drug-likeness (QED) is 0.508. The number of nitrogens with one attached hydrogen (secondary N) is 3. The molecule has 2 aliphatic rings. The van der Waals surface area contributed by atoms with Crippen molar-refractivity contribution in [3.05, 3.63) is 35.4 Å². The van der Waals surface area contributed by atoms with Gasteiger partial charge in [0.05, 0.1) is 11.8 Å². The third-order valence-electron chi connectivity index (χ3n) is 5.70. The predicted octanol–water partition coefficient (Wildman–Crippen LogP) is -0.478. The molecule has 1 fully saturated rings. The van der Waals surface area contributed by atoms with Crippen molar-refractivity contribution < 1.29 is 22.8 Å². The molecule has 2 heterocycles. The minimum Gasteiger partial charge on any atom is -0.356 e. The van der Waals surface area contributed by atoms with Gasteiger partial charge in [0.15, 0.2) is 0 Å². The first kappa shape index (κ1) is 22.2. The molecule has 10 heteroatoms. The molecule has 1 saturated heterocycles. The maximum atomic E-state index is 13.0. The van der Waals surface area contributed by atoms with E-state index in [1.165, 1.54) is 7.05 Å². The Balaban J connectivity index is 1.65. The summed E-state index contributed by atoms with van der Waals surface area (Å²) in [5, 5.41) is 5.52. The topological polar surface area (TPSA) is 125 Å². The van der Waals surface area contributed by atoms with Crippen molar-refractivity contribution >= 4 is 27.7 Å². The fourth-order valence-corrected chi connectivity index (χ4v) is 4.54. The fraction of sp³-hybridized carbons (Fsp3) is 0.550. The Bertz CT molecular complexity index is 918. The first-order chi connectivity index (χ1) is 14.3. The van der Waals surface area contributed by atoms with Crippen molar-refractivity contribution in [3.63, 3.8) is 0 Å². The highest BCUT2D eigenvalue weighted by Crippen LogP contribution is 2.25. The zero-order valence-corrected chi connectivity index (χ0v) is 17.8. The lowest BCUT2D eigenvalue weighted by Crippen LogP contribution is -2.50. The van der Waals surface area contributed by atoms with Crippen molar-refractivity contribution in [3.8, 4) is 0 Å². The Morgan fingerprint density at radius 1 is 1.23 bits per heavy atom. The first-order valence-electron chi connectivity index (χ1n) is 10.1. The van der Waals surface area contributed by atoms with E-state index in [4.69, 9.17) is 0 Å². The van der Waals surface area contributed by atoms with Crippen LogP contribution in [-0.4, -0.2) is 63.0 Å². The Labute approximate surface area is 176 Å². The van der Waals surface area contributed by atoms with E-state index >= 15 is 0 Å². The number of sulfonamides is 1. The maximum Gasteiger partial charge on any atom is 0.223 e. The molecule has 9 nitrogen and oxygen atoms in total. The van der Waals surface area contributed by atoms with Crippen molar-refractivity contribution in [1.82, 2.24) is 20.3 Å². The van der Waals surface area contributed by atoms with Gasteiger partial charge in [-0.2, -0.15) is 0 Å². The van der Waals surface area contributed by atoms with Gasteiger partial charge in [-0.3, -0.25) is 14.4 Å². The Morgan fingerprint density at radius 3 is 2.63 bits per heavy atom. The summed E-state index contributed by atoms with van der Waals surface area (Å²) >= 11 is 0. The molecule has 1 aromatic rings. The van der Waals surface area contributed by atoms with Crippen LogP contribution < -0.4 is 15.4 Å². The highest BCUT2D eigenvalue weighted by atomic mass is 32.2. The molecule has 3 amide bonds. The van der Waals surface area contributed by atoms with E-state index in [1.807, 2.05) is 24.3 Å². The number of carbonyl (C=O) groups is 3. The molecule has 0 aromatic heterocycles. The highest BCUT2D eigenvalue weighted by Gasteiger charge is 2.34. The molecule has 0 saturated carbocycles. The van der Waals surface area contributed by atoms with Gasteiger partial charge in [-0.15, -0.1) is 0 Å². The predicted molar refractivity (Wildman–Crippen MR) is 111 cm³/mol. The van der Waals surface area contributed by atoms with Crippen LogP contribution in [0, 0.1) is 5.92 Å². The number of amides is 3. The van der Waals surface area contributed by atoms with Gasteiger partial charge in [0.2, 0.25) is 27.7 Å². The molecule has 2 aliphatic heterocycles. The molecular formula is C20H28N4O5S. The lowest BCUT2D eigenvalue weighted by molar-refractivity contribution is -0.138. The van der Waals surface area contributed by atoms with E-state index in [2.05, 4.69) is 15.4 Å². The Kier molecular flexibility index (Phi) is 7.09. The summed E-state index contributed by atoms with van der Waals surface area (Å²) in [6.45, 7) is 1.25. The van der Waals surface area contributed by atoms with Crippen LogP contribution in [0.15, 0.2) is 24.3 Å². The van der Waals surface area contributed by atoms with Crippen molar-refractivity contribution in [2.24, 2.45) is 5.92 Å². The number of nitrogens with zero attached hydrogens (tertiary/aromatic N) is 1. The standard InChI is InChI=1S/C20H28N4O5S/c1-21-30(28,29)9-7-18(25)23-12-17-10-14-4-2-3-5-16(14)13-24(17)19(26)11-15-6-8-22-20(15)27/h2-5,15,17,21H,6-13H2,1H3,(H,22,27)(H,23,25). The van der Waals surface area contributed by atoms with E-state index in [0.29, 0.717) is 25.9 Å². The van der Waals surface area contributed by atoms with Gasteiger partial charge in [-0.05, 0) is 31.0 Å². The molecular weight excluding hydrogens is 408 g/mol. The number of rotatable bonds is 8. The fourth-order valence-electron chi connectivity index (χ4n) is 3.88. The van der Waals surface area contributed by atoms with Gasteiger partial charge in [0.1, 0.15) is 0 Å². The summed E-state index contributed by atoms with van der Waals surface area (Å²) in [4.78, 5) is 38.7. The largest absolute Gasteiger partial charge is 0.356 e. The third kappa shape index (κ3) is 5.57. The molecule has 1 aromatic carbocycles. The SMILES string of the molecule is CNS(=O)(=O)CCC(=O)NCC1Cc2ccccc2CN1C(=O)CC1CCNC1=O. The second-order valence-corrected chi connectivity index (χ2v) is 9.75. The number of hydrogen-bond acceptors (Lipinski definition) is 5. The van der Waals surface area contributed by atoms with Gasteiger partial charge < -0.3 is 15.5 Å². The summed E-state index contributed by atoms with van der Waals surface area (Å²) < 4.78 is 25.2. The summed E-state index contributed by atoms with van der Waals surface area (Å²) in [7, 11) is -2.15. The third-order valence-corrected chi connectivity index (χ3v) is 7.07. The van der Waals surface area contributed by atoms with Crippen LogP contribution in [0.4, 0.5) is 0 Å². The molecule has 3 rings (SSSR count). The second-order valence-electron chi connectivity index (χ2n) is 7.71. The minimum absolute atomic E-state index is 0.0867. The summed E-state index contributed by atoms with van der Waals surface area (Å²) in [6, 6.07) is 7.61. The molecule has 0 spiro atoms. The molecule has 2 unspecified atom stereocenters. The average molecular weight is 437 g/mol. The van der Waals surface area contributed by atoms with Crippen LogP contribution in [-0.2, 0) is 37.4 Å². The van der Waals surface area contributed by atoms with Crippen LogP contribution in [0.3, 0.4) is 0 Å². The van der Waals surface area contributed by atoms with Crippen molar-refractivity contribution in [2.75, 3.05) is 25.9 Å². The number of carbonyl (C=O) groups excluding carboxylic acids is 3. The van der Waals surface area contributed by atoms with Crippen LogP contribution >= 0.6 is 0 Å². The van der Waals surface area contributed by atoms with E-state index < -0.39 is 10.0 Å². The molecule has 0 aliphatic carbocycles. The smallest absolute Gasteiger partial charge is 0.223 e. The summed E-state index contributed by atoms with van der Waals surface area (Å²) in [5.41, 5.74) is 2.18. The van der Waals surface area contributed by atoms with Gasteiger partial charge >= 0.3 is 0 Å². The molecule has 3 N–H and O–H groups in total. The Morgan fingerprint density at radius 2 is 1.97 bits per heavy atom. The lowest BCUT2D eigenvalue weighted by atomic mass is 9.92. The van der Waals surface area contributed by atoms with Crippen LogP contribution in [0.2, 0.25) is 0 Å². The number of hydrogen-bond donors (Lipinski definition) is 3. The average Bonchev–Trinajstić information content (AvgIpc) is 3.14. The lowest BCUT2D eigenvalue weighted by Gasteiger charge is -2.37. The van der Waals surface area contributed by atoms with Crippen molar-refractivity contribution in [1.29, 1.82) is 0 Å². The zero-order chi connectivity index (χ0) is 21.7. The van der Waals surface area contributed by atoms with Gasteiger partial charge in [-0.1, -0.05) is 24.3 Å². The van der Waals surface area contributed by atoms with Gasteiger partial charge in [0, 0.05) is 38.4 Å². The highest BCUT2D eigenvalue weighted by molar-refractivity contribution is 7.89. The van der Waals surface area contributed by atoms with E-state index in [9.17, 15) is 22.8 Å². The number of benzene rings is 1. The van der Waals surface area contributed by atoms with Crippen LogP contribution in [0.25, 0.3) is 0 Å². The normalized spacial score (nSPS) is 21.1. The molecule has 164 valence electrons. The van der Waals surface area contributed by atoms with Crippen LogP contribution in [0.1, 0.15) is 30.4 Å². The molecule has 0 radical (unpaired) electrons. The summed E-state index contributed by atoms with van der Waals surface area (Å²) in [5.74, 6) is -1.17. The second kappa shape index (κ2) is 9.57. The molecule has 2 atom stereocenters. The van der Waals surface area contributed by atoms with E-state index in [-0.39, 0.29) is 54.8 Å².